The number of carbonyl (C=O) groups excluding carboxylic acids is 1. The number of halogens is 1. The summed E-state index contributed by atoms with van der Waals surface area (Å²) in [7, 11) is -2.91. The zero-order valence-electron chi connectivity index (χ0n) is 7.60. The van der Waals surface area contributed by atoms with E-state index in [2.05, 4.69) is 9.13 Å². The van der Waals surface area contributed by atoms with Crippen molar-refractivity contribution in [2.75, 3.05) is 7.11 Å². The molecule has 0 aliphatic rings. The van der Waals surface area contributed by atoms with E-state index in [-0.39, 0.29) is 5.75 Å². The molecule has 15 heavy (non-hydrogen) atoms. The van der Waals surface area contributed by atoms with Gasteiger partial charge in [-0.1, -0.05) is 4.40 Å². The van der Waals surface area contributed by atoms with Gasteiger partial charge in [-0.15, -0.1) is 0 Å². The summed E-state index contributed by atoms with van der Waals surface area (Å²) in [6, 6.07) is 2.93. The molecule has 0 heterocycles. The van der Waals surface area contributed by atoms with Crippen molar-refractivity contribution in [2.45, 2.75) is 4.90 Å². The van der Waals surface area contributed by atoms with Gasteiger partial charge in [-0.2, -0.15) is 8.42 Å². The highest BCUT2D eigenvalue weighted by molar-refractivity contribution is 7.90. The molecule has 0 saturated carbocycles. The van der Waals surface area contributed by atoms with Gasteiger partial charge >= 0.3 is 0 Å². The van der Waals surface area contributed by atoms with E-state index in [0.717, 1.165) is 24.3 Å². The summed E-state index contributed by atoms with van der Waals surface area (Å²) in [6.07, 6.45) is 0.888. The van der Waals surface area contributed by atoms with E-state index in [1.54, 1.807) is 0 Å². The van der Waals surface area contributed by atoms with E-state index in [0.29, 0.717) is 0 Å². The smallest absolute Gasteiger partial charge is 0.292 e. The number of isocyanates is 1. The molecule has 1 aromatic rings. The predicted molar refractivity (Wildman–Crippen MR) is 48.3 cm³/mol. The van der Waals surface area contributed by atoms with Gasteiger partial charge in [0, 0.05) is 0 Å². The molecule has 80 valence electrons. The van der Waals surface area contributed by atoms with Crippen LogP contribution in [0.4, 0.5) is 4.39 Å². The SMILES string of the molecule is COc1ccc(S(=O)(=O)N=C=O)cc1F. The second kappa shape index (κ2) is 4.20. The highest BCUT2D eigenvalue weighted by Crippen LogP contribution is 2.21. The average molecular weight is 231 g/mol. The Labute approximate surface area is 85.3 Å². The van der Waals surface area contributed by atoms with Crippen LogP contribution in [0.2, 0.25) is 0 Å². The number of ether oxygens (including phenoxy) is 1. The number of rotatable bonds is 3. The number of hydrogen-bond donors (Lipinski definition) is 0. The van der Waals surface area contributed by atoms with Crippen molar-refractivity contribution >= 4 is 16.1 Å². The van der Waals surface area contributed by atoms with Gasteiger partial charge < -0.3 is 4.74 Å². The zero-order chi connectivity index (χ0) is 11.5. The summed E-state index contributed by atoms with van der Waals surface area (Å²) in [5.74, 6) is -0.941. The molecule has 0 aromatic heterocycles. The van der Waals surface area contributed by atoms with Gasteiger partial charge in [0.05, 0.1) is 12.0 Å². The van der Waals surface area contributed by atoms with Crippen molar-refractivity contribution in [2.24, 2.45) is 4.40 Å². The summed E-state index contributed by atoms with van der Waals surface area (Å²) < 4.78 is 42.6. The molecule has 0 radical (unpaired) electrons. The second-order valence-electron chi connectivity index (χ2n) is 2.45. The van der Waals surface area contributed by atoms with Crippen molar-refractivity contribution in [1.82, 2.24) is 0 Å². The van der Waals surface area contributed by atoms with Crippen LogP contribution in [0.1, 0.15) is 0 Å². The lowest BCUT2D eigenvalue weighted by atomic mass is 10.3. The molecule has 0 bridgehead atoms. The first-order chi connectivity index (χ1) is 7.01. The quantitative estimate of drug-likeness (QED) is 0.571. The van der Waals surface area contributed by atoms with Crippen LogP contribution in [0.5, 0.6) is 5.75 Å². The van der Waals surface area contributed by atoms with Crippen LogP contribution in [0.3, 0.4) is 0 Å². The highest BCUT2D eigenvalue weighted by Gasteiger charge is 2.15. The van der Waals surface area contributed by atoms with Crippen LogP contribution >= 0.6 is 0 Å². The molecule has 1 aromatic carbocycles. The Hall–Kier alpha value is -1.72. The molecular formula is C8H6FNO4S. The summed E-state index contributed by atoms with van der Waals surface area (Å²) in [5.41, 5.74) is 0. The molecule has 1 rings (SSSR count). The molecule has 5 nitrogen and oxygen atoms in total. The van der Waals surface area contributed by atoms with E-state index < -0.39 is 20.7 Å². The molecule has 0 spiro atoms. The summed E-state index contributed by atoms with van der Waals surface area (Å²) in [4.78, 5) is 9.39. The van der Waals surface area contributed by atoms with Crippen LogP contribution in [-0.2, 0) is 14.8 Å². The van der Waals surface area contributed by atoms with E-state index in [1.807, 2.05) is 0 Å². The van der Waals surface area contributed by atoms with Crippen molar-refractivity contribution in [3.8, 4) is 5.75 Å². The maximum absolute atomic E-state index is 13.1. The minimum Gasteiger partial charge on any atom is -0.494 e. The Balaban J connectivity index is 3.30. The zero-order valence-corrected chi connectivity index (χ0v) is 8.41. The van der Waals surface area contributed by atoms with Crippen molar-refractivity contribution in [3.63, 3.8) is 0 Å². The minimum atomic E-state index is -4.15. The molecule has 0 aliphatic carbocycles. The molecule has 0 amide bonds. The second-order valence-corrected chi connectivity index (χ2v) is 4.06. The number of nitrogens with zero attached hydrogens (tertiary/aromatic N) is 1. The number of hydrogen-bond acceptors (Lipinski definition) is 4. The summed E-state index contributed by atoms with van der Waals surface area (Å²) in [5, 5.41) is 0. The number of methoxy groups -OCH3 is 1. The lowest BCUT2D eigenvalue weighted by Crippen LogP contribution is -1.98. The predicted octanol–water partition coefficient (Wildman–Crippen LogP) is 0.859. The lowest BCUT2D eigenvalue weighted by molar-refractivity contribution is 0.385. The van der Waals surface area contributed by atoms with Gasteiger partial charge in [0.15, 0.2) is 11.6 Å². The van der Waals surface area contributed by atoms with E-state index in [1.165, 1.54) is 7.11 Å². The third-order valence-corrected chi connectivity index (χ3v) is 2.74. The van der Waals surface area contributed by atoms with E-state index in [9.17, 15) is 17.6 Å². The first kappa shape index (κ1) is 11.4. The average Bonchev–Trinajstić information content (AvgIpc) is 2.17. The fraction of sp³-hybridized carbons (Fsp3) is 0.125. The maximum Gasteiger partial charge on any atom is 0.292 e. The Morgan fingerprint density at radius 1 is 1.47 bits per heavy atom. The Morgan fingerprint density at radius 3 is 2.60 bits per heavy atom. The minimum absolute atomic E-state index is 0.0935. The lowest BCUT2D eigenvalue weighted by Gasteiger charge is -2.02. The Morgan fingerprint density at radius 2 is 2.13 bits per heavy atom. The molecule has 0 N–H and O–H groups in total. The molecule has 0 atom stereocenters. The molecular weight excluding hydrogens is 225 g/mol. The first-order valence-corrected chi connectivity index (χ1v) is 5.13. The van der Waals surface area contributed by atoms with Gasteiger partial charge in [-0.25, -0.2) is 9.18 Å². The normalized spacial score (nSPS) is 10.5. The van der Waals surface area contributed by atoms with Crippen LogP contribution in [0.25, 0.3) is 0 Å². The first-order valence-electron chi connectivity index (χ1n) is 3.69. The molecule has 0 unspecified atom stereocenters. The highest BCUT2D eigenvalue weighted by atomic mass is 32.2. The van der Waals surface area contributed by atoms with E-state index in [4.69, 9.17) is 0 Å². The number of benzene rings is 1. The number of sulfonamides is 1. The fourth-order valence-corrected chi connectivity index (χ4v) is 1.61. The largest absolute Gasteiger partial charge is 0.494 e. The van der Waals surface area contributed by atoms with Crippen molar-refractivity contribution in [3.05, 3.63) is 24.0 Å². The van der Waals surface area contributed by atoms with Crippen LogP contribution in [-0.4, -0.2) is 21.6 Å². The molecule has 0 fully saturated rings. The monoisotopic (exact) mass is 231 g/mol. The Kier molecular flexibility index (Phi) is 3.18. The summed E-state index contributed by atoms with van der Waals surface area (Å²) in [6.45, 7) is 0. The van der Waals surface area contributed by atoms with Crippen LogP contribution in [0, 0.1) is 5.82 Å². The maximum atomic E-state index is 13.1. The summed E-state index contributed by atoms with van der Waals surface area (Å²) >= 11 is 0. The van der Waals surface area contributed by atoms with Gasteiger partial charge in [0.2, 0.25) is 0 Å². The van der Waals surface area contributed by atoms with Gasteiger partial charge in [0.25, 0.3) is 16.1 Å². The van der Waals surface area contributed by atoms with Crippen molar-refractivity contribution < 1.29 is 22.3 Å². The topological polar surface area (TPSA) is 72.8 Å². The van der Waals surface area contributed by atoms with Gasteiger partial charge in [-0.05, 0) is 18.2 Å². The fourth-order valence-electron chi connectivity index (χ4n) is 0.909. The van der Waals surface area contributed by atoms with Crippen LogP contribution < -0.4 is 4.74 Å². The van der Waals surface area contributed by atoms with Crippen LogP contribution in [0.15, 0.2) is 27.5 Å². The third-order valence-electron chi connectivity index (χ3n) is 1.58. The molecule has 0 saturated heterocycles. The van der Waals surface area contributed by atoms with E-state index >= 15 is 0 Å². The van der Waals surface area contributed by atoms with Gasteiger partial charge in [0.1, 0.15) is 0 Å². The third kappa shape index (κ3) is 2.39. The standard InChI is InChI=1S/C8H6FNO4S/c1-14-8-3-2-6(4-7(8)9)15(12,13)10-5-11/h2-4H,1H3. The van der Waals surface area contributed by atoms with Crippen molar-refractivity contribution in [1.29, 1.82) is 0 Å². The Bertz CT molecular complexity index is 519. The molecule has 7 heteroatoms. The molecule has 0 aliphatic heterocycles. The van der Waals surface area contributed by atoms with Gasteiger partial charge in [-0.3, -0.25) is 0 Å².